The van der Waals surface area contributed by atoms with E-state index in [2.05, 4.69) is 21.2 Å². The summed E-state index contributed by atoms with van der Waals surface area (Å²) in [5.74, 6) is -0.472. The van der Waals surface area contributed by atoms with E-state index in [1.54, 1.807) is 17.5 Å². The molecule has 5 nitrogen and oxygen atoms in total. The summed E-state index contributed by atoms with van der Waals surface area (Å²) in [6.45, 7) is 0.685. The Hall–Kier alpha value is -1.22. The van der Waals surface area contributed by atoms with Crippen molar-refractivity contribution in [1.29, 1.82) is 0 Å². The monoisotopic (exact) mass is 428 g/mol. The van der Waals surface area contributed by atoms with Gasteiger partial charge in [0.2, 0.25) is 5.91 Å². The minimum absolute atomic E-state index is 0.136. The Morgan fingerprint density at radius 1 is 1.25 bits per heavy atom. The fraction of sp³-hybridized carbons (Fsp3) is 0.312. The Morgan fingerprint density at radius 3 is 2.67 bits per heavy atom. The van der Waals surface area contributed by atoms with Crippen LogP contribution in [0.15, 0.2) is 50.5 Å². The number of benzene rings is 1. The molecule has 0 aliphatic carbocycles. The number of hydrogen-bond donors (Lipinski definition) is 1. The van der Waals surface area contributed by atoms with Crippen molar-refractivity contribution in [3.05, 3.63) is 46.3 Å². The molecular weight excluding hydrogens is 412 g/mol. The van der Waals surface area contributed by atoms with Crippen LogP contribution in [0.4, 0.5) is 5.69 Å². The number of hydrogen-bond acceptors (Lipinski definition) is 4. The molecule has 1 fully saturated rings. The highest BCUT2D eigenvalue weighted by molar-refractivity contribution is 9.10. The highest BCUT2D eigenvalue weighted by Gasteiger charge is 2.33. The van der Waals surface area contributed by atoms with E-state index in [9.17, 15) is 13.2 Å². The third-order valence-corrected chi connectivity index (χ3v) is 7.72. The van der Waals surface area contributed by atoms with Crippen LogP contribution >= 0.6 is 27.3 Å². The minimum Gasteiger partial charge on any atom is -0.326 e. The highest BCUT2D eigenvalue weighted by atomic mass is 79.9. The molecule has 1 saturated heterocycles. The maximum absolute atomic E-state index is 12.6. The van der Waals surface area contributed by atoms with E-state index >= 15 is 0 Å². The first kappa shape index (κ1) is 17.6. The first-order valence-corrected chi connectivity index (χ1v) is 10.7. The Kier molecular flexibility index (Phi) is 5.39. The fourth-order valence-electron chi connectivity index (χ4n) is 2.69. The van der Waals surface area contributed by atoms with Crippen molar-refractivity contribution >= 4 is 48.9 Å². The second kappa shape index (κ2) is 7.35. The van der Waals surface area contributed by atoms with Crippen molar-refractivity contribution in [2.75, 3.05) is 18.4 Å². The van der Waals surface area contributed by atoms with Gasteiger partial charge in [-0.1, -0.05) is 22.0 Å². The molecule has 0 spiro atoms. The molecule has 3 rings (SSSR count). The molecule has 8 heteroatoms. The van der Waals surface area contributed by atoms with Crippen LogP contribution in [0.5, 0.6) is 0 Å². The molecule has 0 saturated carbocycles. The molecule has 1 aromatic carbocycles. The van der Waals surface area contributed by atoms with Gasteiger partial charge >= 0.3 is 0 Å². The summed E-state index contributed by atoms with van der Waals surface area (Å²) >= 11 is 4.55. The quantitative estimate of drug-likeness (QED) is 0.809. The molecule has 1 amide bonds. The van der Waals surface area contributed by atoms with Gasteiger partial charge in [-0.2, -0.15) is 4.31 Å². The van der Waals surface area contributed by atoms with E-state index in [1.807, 2.05) is 24.3 Å². The maximum atomic E-state index is 12.6. The first-order valence-electron chi connectivity index (χ1n) is 7.57. The third kappa shape index (κ3) is 3.88. The zero-order chi connectivity index (χ0) is 17.2. The van der Waals surface area contributed by atoms with Crippen LogP contribution in [0, 0.1) is 5.92 Å². The van der Waals surface area contributed by atoms with Gasteiger partial charge in [-0.25, -0.2) is 8.42 Å². The number of carbonyl (C=O) groups excluding carboxylic acids is 1. The number of amides is 1. The lowest BCUT2D eigenvalue weighted by Gasteiger charge is -2.30. The van der Waals surface area contributed by atoms with Gasteiger partial charge in [0.05, 0.1) is 5.92 Å². The first-order chi connectivity index (χ1) is 11.5. The van der Waals surface area contributed by atoms with Crippen LogP contribution in [0.1, 0.15) is 12.8 Å². The highest BCUT2D eigenvalue weighted by Crippen LogP contribution is 2.27. The van der Waals surface area contributed by atoms with Crippen LogP contribution < -0.4 is 5.32 Å². The number of thiophene rings is 1. The zero-order valence-corrected chi connectivity index (χ0v) is 16.0. The number of nitrogens with one attached hydrogen (secondary N) is 1. The molecule has 0 radical (unpaired) electrons. The summed E-state index contributed by atoms with van der Waals surface area (Å²) in [6, 6.07) is 10.6. The summed E-state index contributed by atoms with van der Waals surface area (Å²) in [4.78, 5) is 12.5. The van der Waals surface area contributed by atoms with Crippen LogP contribution in [-0.4, -0.2) is 31.7 Å². The molecule has 2 aromatic rings. The van der Waals surface area contributed by atoms with Gasteiger partial charge in [-0.3, -0.25) is 4.79 Å². The van der Waals surface area contributed by atoms with Crippen LogP contribution in [0.3, 0.4) is 0 Å². The molecule has 1 aliphatic heterocycles. The standard InChI is InChI=1S/C16H17BrN2O3S2/c17-13-5-7-14(8-6-13)18-16(20)12-3-1-9-19(11-12)24(21,22)15-4-2-10-23-15/h2,4-8,10,12H,1,3,9,11H2,(H,18,20). The molecule has 1 N–H and O–H groups in total. The zero-order valence-electron chi connectivity index (χ0n) is 12.8. The van der Waals surface area contributed by atoms with E-state index in [4.69, 9.17) is 0 Å². The molecule has 1 atom stereocenters. The summed E-state index contributed by atoms with van der Waals surface area (Å²) in [6.07, 6.45) is 1.38. The second-order valence-electron chi connectivity index (χ2n) is 5.63. The average molecular weight is 429 g/mol. The second-order valence-corrected chi connectivity index (χ2v) is 9.66. The number of halogens is 1. The largest absolute Gasteiger partial charge is 0.326 e. The number of carbonyl (C=O) groups is 1. The van der Waals surface area contributed by atoms with Crippen molar-refractivity contribution < 1.29 is 13.2 Å². The van der Waals surface area contributed by atoms with Crippen LogP contribution in [-0.2, 0) is 14.8 Å². The Bertz CT molecular complexity index is 804. The van der Waals surface area contributed by atoms with Crippen molar-refractivity contribution in [1.82, 2.24) is 4.31 Å². The van der Waals surface area contributed by atoms with Gasteiger partial charge in [0.15, 0.2) is 0 Å². The Labute approximate surface area is 153 Å². The van der Waals surface area contributed by atoms with Crippen LogP contribution in [0.2, 0.25) is 0 Å². The van der Waals surface area contributed by atoms with Crippen molar-refractivity contribution in [2.24, 2.45) is 5.92 Å². The Balaban J connectivity index is 1.69. The van der Waals surface area contributed by atoms with Gasteiger partial charge in [0.25, 0.3) is 10.0 Å². The average Bonchev–Trinajstić information content (AvgIpc) is 3.12. The molecule has 1 aliphatic rings. The lowest BCUT2D eigenvalue weighted by Crippen LogP contribution is -2.43. The van der Waals surface area contributed by atoms with Gasteiger partial charge in [0, 0.05) is 23.2 Å². The number of rotatable bonds is 4. The maximum Gasteiger partial charge on any atom is 0.252 e. The van der Waals surface area contributed by atoms with E-state index in [0.717, 1.165) is 4.47 Å². The molecule has 0 bridgehead atoms. The summed E-state index contributed by atoms with van der Waals surface area (Å²) in [5.41, 5.74) is 0.710. The minimum atomic E-state index is -3.50. The normalized spacial score (nSPS) is 19.1. The molecular formula is C16H17BrN2O3S2. The van der Waals surface area contributed by atoms with Crippen LogP contribution in [0.25, 0.3) is 0 Å². The number of nitrogens with zero attached hydrogens (tertiary/aromatic N) is 1. The molecule has 2 heterocycles. The van der Waals surface area contributed by atoms with Gasteiger partial charge in [0.1, 0.15) is 4.21 Å². The molecule has 24 heavy (non-hydrogen) atoms. The number of sulfonamides is 1. The SMILES string of the molecule is O=C(Nc1ccc(Br)cc1)C1CCCN(S(=O)(=O)c2cccs2)C1. The molecule has 1 aromatic heterocycles. The fourth-order valence-corrected chi connectivity index (χ4v) is 5.62. The lowest BCUT2D eigenvalue weighted by molar-refractivity contribution is -0.120. The topological polar surface area (TPSA) is 66.5 Å². The predicted molar refractivity (Wildman–Crippen MR) is 98.6 cm³/mol. The lowest BCUT2D eigenvalue weighted by atomic mass is 9.99. The van der Waals surface area contributed by atoms with E-state index in [-0.39, 0.29) is 18.4 Å². The summed E-state index contributed by atoms with van der Waals surface area (Å²) in [5, 5.41) is 4.61. The van der Waals surface area contributed by atoms with Gasteiger partial charge < -0.3 is 5.32 Å². The molecule has 1 unspecified atom stereocenters. The van der Waals surface area contributed by atoms with E-state index in [0.29, 0.717) is 29.3 Å². The van der Waals surface area contributed by atoms with Crippen molar-refractivity contribution in [3.8, 4) is 0 Å². The third-order valence-electron chi connectivity index (χ3n) is 3.96. The van der Waals surface area contributed by atoms with Crippen molar-refractivity contribution in [3.63, 3.8) is 0 Å². The number of anilines is 1. The molecule has 128 valence electrons. The van der Waals surface area contributed by atoms with Crippen molar-refractivity contribution in [2.45, 2.75) is 17.1 Å². The van der Waals surface area contributed by atoms with Gasteiger partial charge in [-0.15, -0.1) is 11.3 Å². The Morgan fingerprint density at radius 2 is 2.00 bits per heavy atom. The smallest absolute Gasteiger partial charge is 0.252 e. The summed E-state index contributed by atoms with van der Waals surface area (Å²) in [7, 11) is -3.50. The predicted octanol–water partition coefficient (Wildman–Crippen LogP) is 3.55. The van der Waals surface area contributed by atoms with Gasteiger partial charge in [-0.05, 0) is 48.6 Å². The van der Waals surface area contributed by atoms with E-state index < -0.39 is 10.0 Å². The summed E-state index contributed by atoms with van der Waals surface area (Å²) < 4.78 is 27.9. The number of piperidine rings is 1. The van der Waals surface area contributed by atoms with E-state index in [1.165, 1.54) is 15.6 Å².